The summed E-state index contributed by atoms with van der Waals surface area (Å²) in [4.78, 5) is 22.4. The van der Waals surface area contributed by atoms with Crippen LogP contribution in [0.3, 0.4) is 0 Å². The number of urea groups is 1. The molecule has 3 heterocycles. The van der Waals surface area contributed by atoms with E-state index in [2.05, 4.69) is 29.1 Å². The Balaban J connectivity index is 1.47. The Hall–Kier alpha value is -1.56. The Bertz CT molecular complexity index is 571. The Morgan fingerprint density at radius 2 is 2.30 bits per heavy atom. The fraction of sp³-hybridized carbons (Fsp3) is 0.765. The maximum absolute atomic E-state index is 12.9. The van der Waals surface area contributed by atoms with Gasteiger partial charge in [-0.15, -0.1) is 0 Å². The van der Waals surface area contributed by atoms with Crippen LogP contribution in [0, 0.1) is 11.3 Å². The number of imidazole rings is 1. The van der Waals surface area contributed by atoms with Crippen molar-refractivity contribution in [1.29, 1.82) is 0 Å². The van der Waals surface area contributed by atoms with Crippen molar-refractivity contribution in [2.75, 3.05) is 13.2 Å². The molecule has 2 N–H and O–H groups in total. The predicted molar refractivity (Wildman–Crippen MR) is 85.8 cm³/mol. The summed E-state index contributed by atoms with van der Waals surface area (Å²) in [5, 5.41) is 3.31. The lowest BCUT2D eigenvalue weighted by molar-refractivity contribution is -0.109. The molecule has 1 aliphatic carbocycles. The Kier molecular flexibility index (Phi) is 3.59. The summed E-state index contributed by atoms with van der Waals surface area (Å²) in [6.07, 6.45) is 8.13. The number of piperidine rings is 1. The van der Waals surface area contributed by atoms with Gasteiger partial charge in [-0.2, -0.15) is 0 Å². The fourth-order valence-corrected chi connectivity index (χ4v) is 4.75. The highest BCUT2D eigenvalue weighted by Gasteiger charge is 2.60. The predicted octanol–water partition coefficient (Wildman–Crippen LogP) is 2.46. The molecule has 6 nitrogen and oxygen atoms in total. The van der Waals surface area contributed by atoms with E-state index in [9.17, 15) is 4.79 Å². The Labute approximate surface area is 137 Å². The van der Waals surface area contributed by atoms with Crippen LogP contribution in [0.15, 0.2) is 12.4 Å². The third-order valence-electron chi connectivity index (χ3n) is 5.98. The molecule has 1 aromatic rings. The van der Waals surface area contributed by atoms with E-state index in [1.54, 1.807) is 6.20 Å². The van der Waals surface area contributed by atoms with Crippen LogP contribution in [0.2, 0.25) is 0 Å². The molecule has 4 rings (SSSR count). The van der Waals surface area contributed by atoms with E-state index in [1.165, 1.54) is 0 Å². The molecule has 4 atom stereocenters. The molecule has 1 aromatic heterocycles. The molecule has 126 valence electrons. The van der Waals surface area contributed by atoms with Gasteiger partial charge in [0.15, 0.2) is 0 Å². The van der Waals surface area contributed by atoms with Crippen molar-refractivity contribution >= 4 is 6.03 Å². The van der Waals surface area contributed by atoms with Crippen LogP contribution < -0.4 is 5.32 Å². The molecule has 2 saturated heterocycles. The van der Waals surface area contributed by atoms with E-state index < -0.39 is 0 Å². The number of hydrogen-bond acceptors (Lipinski definition) is 3. The summed E-state index contributed by atoms with van der Waals surface area (Å²) in [7, 11) is 0. The Morgan fingerprint density at radius 1 is 1.43 bits per heavy atom. The number of carbonyl (C=O) groups is 1. The zero-order valence-corrected chi connectivity index (χ0v) is 13.9. The molecular formula is C17H26N4O2. The van der Waals surface area contributed by atoms with E-state index in [0.29, 0.717) is 12.0 Å². The molecule has 0 unspecified atom stereocenters. The standard InChI is InChI=1S/C17H26N4O2/c1-17(2)13(11-6-10-23-14(11)17)20-16(22)21-9-4-3-5-12(21)15-18-7-8-19-15/h7-8,11-14H,3-6,9-10H2,1-2H3,(H,18,19)(H,20,22)/t11-,12+,13+,14+/m0/s1. The number of aromatic amines is 1. The average Bonchev–Trinajstić information content (AvgIpc) is 3.22. The molecule has 0 aromatic carbocycles. The van der Waals surface area contributed by atoms with E-state index in [1.807, 2.05) is 11.1 Å². The number of rotatable bonds is 2. The zero-order chi connectivity index (χ0) is 16.0. The lowest BCUT2D eigenvalue weighted by Gasteiger charge is -2.55. The highest BCUT2D eigenvalue weighted by Crippen LogP contribution is 2.52. The maximum Gasteiger partial charge on any atom is 0.318 e. The molecule has 23 heavy (non-hydrogen) atoms. The van der Waals surface area contributed by atoms with Gasteiger partial charge in [0.2, 0.25) is 0 Å². The second kappa shape index (κ2) is 5.51. The van der Waals surface area contributed by atoms with Gasteiger partial charge >= 0.3 is 6.03 Å². The molecule has 3 aliphatic rings. The van der Waals surface area contributed by atoms with Crippen molar-refractivity contribution in [1.82, 2.24) is 20.2 Å². The second-order valence-electron chi connectivity index (χ2n) is 7.67. The monoisotopic (exact) mass is 318 g/mol. The minimum atomic E-state index is 0.0206. The highest BCUT2D eigenvalue weighted by molar-refractivity contribution is 5.75. The van der Waals surface area contributed by atoms with Crippen molar-refractivity contribution in [3.8, 4) is 0 Å². The van der Waals surface area contributed by atoms with Crippen molar-refractivity contribution in [3.63, 3.8) is 0 Å². The van der Waals surface area contributed by atoms with Crippen molar-refractivity contribution in [3.05, 3.63) is 18.2 Å². The number of carbonyl (C=O) groups excluding carboxylic acids is 1. The number of aromatic nitrogens is 2. The molecule has 1 saturated carbocycles. The molecule has 2 aliphatic heterocycles. The normalized spacial score (nSPS) is 35.5. The first-order chi connectivity index (χ1) is 11.1. The maximum atomic E-state index is 12.9. The van der Waals surface area contributed by atoms with E-state index in [-0.39, 0.29) is 23.5 Å². The molecular weight excluding hydrogens is 292 g/mol. The minimum absolute atomic E-state index is 0.0206. The van der Waals surface area contributed by atoms with Crippen LogP contribution in [-0.4, -0.2) is 46.2 Å². The average molecular weight is 318 g/mol. The van der Waals surface area contributed by atoms with E-state index >= 15 is 0 Å². The van der Waals surface area contributed by atoms with Crippen LogP contribution in [0.5, 0.6) is 0 Å². The van der Waals surface area contributed by atoms with Gasteiger partial charge < -0.3 is 19.9 Å². The van der Waals surface area contributed by atoms with Crippen molar-refractivity contribution in [2.24, 2.45) is 11.3 Å². The number of nitrogens with one attached hydrogen (secondary N) is 2. The fourth-order valence-electron chi connectivity index (χ4n) is 4.75. The van der Waals surface area contributed by atoms with Gasteiger partial charge in [-0.05, 0) is 25.7 Å². The molecule has 3 fully saturated rings. The van der Waals surface area contributed by atoms with Crippen LogP contribution in [0.1, 0.15) is 51.4 Å². The first-order valence-corrected chi connectivity index (χ1v) is 8.77. The SMILES string of the molecule is CC1(C)[C@H](NC(=O)N2CCCC[C@@H]2c2ncc[nH]2)[C@@H]2CCO[C@H]21. The zero-order valence-electron chi connectivity index (χ0n) is 13.9. The van der Waals surface area contributed by atoms with Crippen LogP contribution >= 0.6 is 0 Å². The van der Waals surface area contributed by atoms with Gasteiger partial charge in [0.25, 0.3) is 0 Å². The van der Waals surface area contributed by atoms with Crippen molar-refractivity contribution in [2.45, 2.75) is 57.7 Å². The number of nitrogens with zero attached hydrogens (tertiary/aromatic N) is 2. The molecule has 0 radical (unpaired) electrons. The quantitative estimate of drug-likeness (QED) is 0.880. The summed E-state index contributed by atoms with van der Waals surface area (Å²) in [6.45, 7) is 6.02. The van der Waals surface area contributed by atoms with Crippen LogP contribution in [0.4, 0.5) is 4.79 Å². The summed E-state index contributed by atoms with van der Waals surface area (Å²) in [5.74, 6) is 1.37. The minimum Gasteiger partial charge on any atom is -0.377 e. The van der Waals surface area contributed by atoms with Gasteiger partial charge in [0, 0.05) is 42.9 Å². The number of hydrogen-bond donors (Lipinski definition) is 2. The number of ether oxygens (including phenoxy) is 1. The van der Waals surface area contributed by atoms with Gasteiger partial charge in [-0.25, -0.2) is 9.78 Å². The van der Waals surface area contributed by atoms with Gasteiger partial charge in [-0.1, -0.05) is 13.8 Å². The lowest BCUT2D eigenvalue weighted by Crippen LogP contribution is -2.68. The first kappa shape index (κ1) is 15.0. The third-order valence-corrected chi connectivity index (χ3v) is 5.98. The topological polar surface area (TPSA) is 70.2 Å². The molecule has 0 bridgehead atoms. The number of amides is 2. The van der Waals surface area contributed by atoms with E-state index in [4.69, 9.17) is 4.74 Å². The highest BCUT2D eigenvalue weighted by atomic mass is 16.5. The van der Waals surface area contributed by atoms with Gasteiger partial charge in [-0.3, -0.25) is 0 Å². The summed E-state index contributed by atoms with van der Waals surface area (Å²) >= 11 is 0. The van der Waals surface area contributed by atoms with Crippen molar-refractivity contribution < 1.29 is 9.53 Å². The lowest BCUT2D eigenvalue weighted by atomic mass is 9.57. The molecule has 6 heteroatoms. The Morgan fingerprint density at radius 3 is 3.09 bits per heavy atom. The summed E-state index contributed by atoms with van der Waals surface area (Å²) in [6, 6.07) is 0.328. The molecule has 2 amide bonds. The first-order valence-electron chi connectivity index (χ1n) is 8.77. The smallest absolute Gasteiger partial charge is 0.318 e. The molecule has 0 spiro atoms. The summed E-state index contributed by atoms with van der Waals surface area (Å²) < 4.78 is 5.82. The summed E-state index contributed by atoms with van der Waals surface area (Å²) in [5.41, 5.74) is 0.0206. The number of fused-ring (bicyclic) bond motifs is 1. The number of H-pyrrole nitrogens is 1. The van der Waals surface area contributed by atoms with Gasteiger partial charge in [0.05, 0.1) is 12.1 Å². The third kappa shape index (κ3) is 2.35. The van der Waals surface area contributed by atoms with Crippen LogP contribution in [-0.2, 0) is 4.74 Å². The van der Waals surface area contributed by atoms with Crippen LogP contribution in [0.25, 0.3) is 0 Å². The van der Waals surface area contributed by atoms with Gasteiger partial charge in [0.1, 0.15) is 5.82 Å². The number of likely N-dealkylation sites (tertiary alicyclic amines) is 1. The largest absolute Gasteiger partial charge is 0.377 e. The van der Waals surface area contributed by atoms with E-state index in [0.717, 1.165) is 44.7 Å². The second-order valence-corrected chi connectivity index (χ2v) is 7.67.